The zero-order valence-corrected chi connectivity index (χ0v) is 14.5. The number of hydrogen-bond acceptors (Lipinski definition) is 5. The van der Waals surface area contributed by atoms with Crippen LogP contribution in [0.4, 0.5) is 9.52 Å². The molecule has 3 heterocycles. The number of aryl methyl sites for hydroxylation is 1. The molecule has 2 aromatic heterocycles. The van der Waals surface area contributed by atoms with Crippen molar-refractivity contribution >= 4 is 32.6 Å². The third-order valence-corrected chi connectivity index (χ3v) is 5.31. The van der Waals surface area contributed by atoms with E-state index in [4.69, 9.17) is 4.74 Å². The van der Waals surface area contributed by atoms with Crippen molar-refractivity contribution < 1.29 is 13.9 Å². The van der Waals surface area contributed by atoms with Gasteiger partial charge < -0.3 is 4.74 Å². The number of hydrogen-bond donors (Lipinski definition) is 0. The highest BCUT2D eigenvalue weighted by Crippen LogP contribution is 2.31. The number of fused-ring (bicyclic) bond motifs is 1. The first-order valence-electron chi connectivity index (χ1n) is 8.09. The lowest BCUT2D eigenvalue weighted by atomic mass is 10.2. The molecule has 4 rings (SSSR count). The van der Waals surface area contributed by atoms with Gasteiger partial charge in [0.05, 0.1) is 22.9 Å². The Labute approximate surface area is 147 Å². The zero-order chi connectivity index (χ0) is 17.4. The van der Waals surface area contributed by atoms with Crippen molar-refractivity contribution in [1.29, 1.82) is 0 Å². The molecule has 1 atom stereocenters. The predicted octanol–water partition coefficient (Wildman–Crippen LogP) is 2.99. The number of carbonyl (C=O) groups is 1. The Hall–Kier alpha value is -2.32. The molecule has 130 valence electrons. The highest BCUT2D eigenvalue weighted by Gasteiger charge is 2.28. The first-order valence-corrected chi connectivity index (χ1v) is 8.91. The van der Waals surface area contributed by atoms with Gasteiger partial charge >= 0.3 is 0 Å². The molecule has 0 aliphatic carbocycles. The van der Waals surface area contributed by atoms with Crippen LogP contribution >= 0.6 is 11.3 Å². The summed E-state index contributed by atoms with van der Waals surface area (Å²) < 4.78 is 21.4. The van der Waals surface area contributed by atoms with Gasteiger partial charge in [0.1, 0.15) is 11.5 Å². The molecular formula is C17H17FN4O2S. The lowest BCUT2D eigenvalue weighted by Crippen LogP contribution is -2.38. The second-order valence-corrected chi connectivity index (χ2v) is 7.01. The van der Waals surface area contributed by atoms with E-state index >= 15 is 0 Å². The van der Waals surface area contributed by atoms with Gasteiger partial charge in [-0.1, -0.05) is 11.3 Å². The minimum absolute atomic E-state index is 0.0130. The fraction of sp³-hybridized carbons (Fsp3) is 0.353. The number of halogens is 1. The van der Waals surface area contributed by atoms with Gasteiger partial charge in [-0.15, -0.1) is 0 Å². The Balaban J connectivity index is 1.72. The molecule has 8 heteroatoms. The van der Waals surface area contributed by atoms with Crippen LogP contribution in [0.2, 0.25) is 0 Å². The van der Waals surface area contributed by atoms with E-state index in [2.05, 4.69) is 10.1 Å². The van der Waals surface area contributed by atoms with Crippen LogP contribution in [0.15, 0.2) is 30.5 Å². The van der Waals surface area contributed by atoms with Gasteiger partial charge in [0.25, 0.3) is 5.91 Å². The second kappa shape index (κ2) is 6.53. The van der Waals surface area contributed by atoms with Crippen LogP contribution in [0.3, 0.4) is 0 Å². The molecular weight excluding hydrogens is 343 g/mol. The van der Waals surface area contributed by atoms with Gasteiger partial charge in [-0.05, 0) is 37.1 Å². The minimum Gasteiger partial charge on any atom is -0.376 e. The van der Waals surface area contributed by atoms with E-state index in [-0.39, 0.29) is 17.8 Å². The maximum absolute atomic E-state index is 13.5. The molecule has 1 saturated heterocycles. The number of ether oxygens (including phenoxy) is 1. The molecule has 1 unspecified atom stereocenters. The summed E-state index contributed by atoms with van der Waals surface area (Å²) in [5.74, 6) is -0.499. The average Bonchev–Trinajstić information content (AvgIpc) is 3.31. The molecule has 6 nitrogen and oxygen atoms in total. The van der Waals surface area contributed by atoms with E-state index in [9.17, 15) is 9.18 Å². The van der Waals surface area contributed by atoms with E-state index in [0.717, 1.165) is 12.8 Å². The molecule has 25 heavy (non-hydrogen) atoms. The highest BCUT2D eigenvalue weighted by atomic mass is 32.1. The molecule has 1 fully saturated rings. The van der Waals surface area contributed by atoms with E-state index in [0.29, 0.717) is 34.2 Å². The molecule has 3 aromatic rings. The summed E-state index contributed by atoms with van der Waals surface area (Å²) in [6, 6.07) is 6.12. The molecule has 0 saturated carbocycles. The van der Waals surface area contributed by atoms with Crippen molar-refractivity contribution in [2.24, 2.45) is 7.05 Å². The van der Waals surface area contributed by atoms with Gasteiger partial charge in [0, 0.05) is 19.9 Å². The first-order chi connectivity index (χ1) is 12.1. The van der Waals surface area contributed by atoms with Gasteiger partial charge in [0.2, 0.25) is 0 Å². The topological polar surface area (TPSA) is 60.2 Å². The SMILES string of the molecule is Cn1nccc1C(=O)N(CC1CCCO1)c1nc2ccc(F)cc2s1. The van der Waals surface area contributed by atoms with E-state index in [1.807, 2.05) is 0 Å². The zero-order valence-electron chi connectivity index (χ0n) is 13.7. The lowest BCUT2D eigenvalue weighted by molar-refractivity contribution is 0.0909. The summed E-state index contributed by atoms with van der Waals surface area (Å²) in [7, 11) is 1.73. The van der Waals surface area contributed by atoms with Crippen LogP contribution in [0.5, 0.6) is 0 Å². The predicted molar refractivity (Wildman–Crippen MR) is 93.4 cm³/mol. The Bertz CT molecular complexity index is 916. The number of amides is 1. The Morgan fingerprint density at radius 2 is 2.36 bits per heavy atom. The Morgan fingerprint density at radius 3 is 3.08 bits per heavy atom. The van der Waals surface area contributed by atoms with Crippen LogP contribution in [-0.2, 0) is 11.8 Å². The van der Waals surface area contributed by atoms with E-state index in [1.54, 1.807) is 30.3 Å². The van der Waals surface area contributed by atoms with Crippen LogP contribution in [0.25, 0.3) is 10.2 Å². The number of rotatable bonds is 4. The van der Waals surface area contributed by atoms with E-state index in [1.165, 1.54) is 28.2 Å². The lowest BCUT2D eigenvalue weighted by Gasteiger charge is -2.22. The highest BCUT2D eigenvalue weighted by molar-refractivity contribution is 7.22. The monoisotopic (exact) mass is 360 g/mol. The van der Waals surface area contributed by atoms with Crippen LogP contribution in [0.1, 0.15) is 23.3 Å². The summed E-state index contributed by atoms with van der Waals surface area (Å²) in [5, 5.41) is 4.62. The number of benzene rings is 1. The quantitative estimate of drug-likeness (QED) is 0.718. The maximum Gasteiger partial charge on any atom is 0.278 e. The number of thiazole rings is 1. The van der Waals surface area contributed by atoms with Crippen molar-refractivity contribution in [3.05, 3.63) is 42.0 Å². The number of aromatic nitrogens is 3. The van der Waals surface area contributed by atoms with Gasteiger partial charge in [-0.25, -0.2) is 9.37 Å². The normalized spacial score (nSPS) is 17.3. The summed E-state index contributed by atoms with van der Waals surface area (Å²) >= 11 is 1.30. The van der Waals surface area contributed by atoms with Crippen molar-refractivity contribution in [1.82, 2.24) is 14.8 Å². The largest absolute Gasteiger partial charge is 0.376 e. The number of carbonyl (C=O) groups excluding carboxylic acids is 1. The molecule has 0 radical (unpaired) electrons. The third kappa shape index (κ3) is 3.14. The maximum atomic E-state index is 13.5. The van der Waals surface area contributed by atoms with Crippen molar-refractivity contribution in [3.63, 3.8) is 0 Å². The molecule has 1 aromatic carbocycles. The minimum atomic E-state index is -0.314. The van der Waals surface area contributed by atoms with Crippen molar-refractivity contribution in [2.75, 3.05) is 18.1 Å². The van der Waals surface area contributed by atoms with Gasteiger partial charge in [-0.2, -0.15) is 5.10 Å². The summed E-state index contributed by atoms with van der Waals surface area (Å²) in [4.78, 5) is 19.2. The average molecular weight is 360 g/mol. The summed E-state index contributed by atoms with van der Waals surface area (Å²) in [6.07, 6.45) is 3.48. The van der Waals surface area contributed by atoms with Crippen molar-refractivity contribution in [2.45, 2.75) is 18.9 Å². The summed E-state index contributed by atoms with van der Waals surface area (Å²) in [5.41, 5.74) is 1.15. The first kappa shape index (κ1) is 16.2. The third-order valence-electron chi connectivity index (χ3n) is 4.27. The fourth-order valence-electron chi connectivity index (χ4n) is 2.96. The van der Waals surface area contributed by atoms with Crippen LogP contribution < -0.4 is 4.90 Å². The molecule has 0 N–H and O–H groups in total. The summed E-state index contributed by atoms with van der Waals surface area (Å²) in [6.45, 7) is 1.13. The molecule has 1 aliphatic rings. The Kier molecular flexibility index (Phi) is 4.22. The van der Waals surface area contributed by atoms with Crippen molar-refractivity contribution in [3.8, 4) is 0 Å². The van der Waals surface area contributed by atoms with Crippen LogP contribution in [-0.4, -0.2) is 39.9 Å². The fourth-order valence-corrected chi connectivity index (χ4v) is 3.96. The smallest absolute Gasteiger partial charge is 0.278 e. The molecule has 0 spiro atoms. The van der Waals surface area contributed by atoms with Crippen LogP contribution in [0, 0.1) is 5.82 Å². The standard InChI is InChI=1S/C17H17FN4O2S/c1-21-14(6-7-19-21)16(23)22(10-12-3-2-8-24-12)17-20-13-5-4-11(18)9-15(13)25-17/h4-7,9,12H,2-3,8,10H2,1H3. The number of nitrogens with zero attached hydrogens (tertiary/aromatic N) is 4. The Morgan fingerprint density at radius 1 is 1.48 bits per heavy atom. The van der Waals surface area contributed by atoms with Gasteiger partial charge in [-0.3, -0.25) is 14.4 Å². The van der Waals surface area contributed by atoms with E-state index < -0.39 is 0 Å². The molecule has 1 aliphatic heterocycles. The molecule has 0 bridgehead atoms. The molecule has 1 amide bonds. The second-order valence-electron chi connectivity index (χ2n) is 6.00. The number of anilines is 1. The van der Waals surface area contributed by atoms with Gasteiger partial charge in [0.15, 0.2) is 5.13 Å².